The van der Waals surface area contributed by atoms with Crippen molar-refractivity contribution in [2.75, 3.05) is 33.3 Å². The van der Waals surface area contributed by atoms with Gasteiger partial charge in [0.15, 0.2) is 5.43 Å². The Balaban J connectivity index is 1.89. The van der Waals surface area contributed by atoms with Crippen molar-refractivity contribution < 1.29 is 13.9 Å². The first-order chi connectivity index (χ1) is 15.0. The van der Waals surface area contributed by atoms with Crippen LogP contribution in [0.25, 0.3) is 11.0 Å². The maximum Gasteiger partial charge on any atom is 0.290 e. The highest BCUT2D eigenvalue weighted by Gasteiger charge is 2.42. The summed E-state index contributed by atoms with van der Waals surface area (Å²) in [6, 6.07) is 12.5. The molecule has 2 aromatic carbocycles. The monoisotopic (exact) mass is 420 g/mol. The van der Waals surface area contributed by atoms with E-state index in [0.717, 1.165) is 30.8 Å². The summed E-state index contributed by atoms with van der Waals surface area (Å²) < 4.78 is 11.4. The van der Waals surface area contributed by atoms with Crippen molar-refractivity contribution in [3.8, 4) is 5.75 Å². The molecule has 3 aromatic rings. The molecule has 6 heteroatoms. The van der Waals surface area contributed by atoms with Crippen molar-refractivity contribution in [2.24, 2.45) is 0 Å². The van der Waals surface area contributed by atoms with Crippen LogP contribution in [0.1, 0.15) is 47.1 Å². The number of fused-ring (bicyclic) bond motifs is 2. The molecule has 1 atom stereocenters. The average Bonchev–Trinajstić information content (AvgIpc) is 3.07. The average molecular weight is 421 g/mol. The number of methoxy groups -OCH3 is 1. The summed E-state index contributed by atoms with van der Waals surface area (Å²) in [5, 5.41) is 0.505. The van der Waals surface area contributed by atoms with E-state index in [9.17, 15) is 9.59 Å². The van der Waals surface area contributed by atoms with Gasteiger partial charge in [0.1, 0.15) is 11.3 Å². The lowest BCUT2D eigenvalue weighted by Gasteiger charge is -2.28. The van der Waals surface area contributed by atoms with Crippen LogP contribution in [0.3, 0.4) is 0 Å². The summed E-state index contributed by atoms with van der Waals surface area (Å²) in [6.45, 7) is 9.16. The van der Waals surface area contributed by atoms with E-state index in [2.05, 4.69) is 18.7 Å². The smallest absolute Gasteiger partial charge is 0.290 e. The molecule has 1 aromatic heterocycles. The van der Waals surface area contributed by atoms with Crippen LogP contribution in [0, 0.1) is 6.92 Å². The molecule has 0 N–H and O–H groups in total. The highest BCUT2D eigenvalue weighted by atomic mass is 16.5. The lowest BCUT2D eigenvalue weighted by molar-refractivity contribution is 0.0708. The van der Waals surface area contributed by atoms with Crippen LogP contribution < -0.4 is 10.2 Å². The zero-order valence-electron chi connectivity index (χ0n) is 18.5. The van der Waals surface area contributed by atoms with E-state index in [1.54, 1.807) is 18.1 Å². The first-order valence-corrected chi connectivity index (χ1v) is 10.7. The highest BCUT2D eigenvalue weighted by molar-refractivity contribution is 5.99. The molecule has 1 aliphatic heterocycles. The van der Waals surface area contributed by atoms with Gasteiger partial charge in [0.2, 0.25) is 5.76 Å². The normalized spacial score (nSPS) is 15.7. The van der Waals surface area contributed by atoms with Gasteiger partial charge in [0.25, 0.3) is 5.91 Å². The summed E-state index contributed by atoms with van der Waals surface area (Å²) in [5.41, 5.74) is 2.52. The van der Waals surface area contributed by atoms with Gasteiger partial charge in [0, 0.05) is 13.1 Å². The van der Waals surface area contributed by atoms with Gasteiger partial charge in [0.05, 0.1) is 24.1 Å². The van der Waals surface area contributed by atoms with Crippen molar-refractivity contribution in [3.05, 3.63) is 75.1 Å². The van der Waals surface area contributed by atoms with Crippen molar-refractivity contribution in [1.82, 2.24) is 9.80 Å². The van der Waals surface area contributed by atoms with Crippen LogP contribution in [-0.4, -0.2) is 49.0 Å². The van der Waals surface area contributed by atoms with Gasteiger partial charge in [-0.15, -0.1) is 0 Å². The number of benzene rings is 2. The van der Waals surface area contributed by atoms with Crippen LogP contribution in [0.2, 0.25) is 0 Å². The minimum atomic E-state index is -0.505. The first-order valence-electron chi connectivity index (χ1n) is 10.7. The van der Waals surface area contributed by atoms with Crippen molar-refractivity contribution in [3.63, 3.8) is 0 Å². The largest absolute Gasteiger partial charge is 0.497 e. The van der Waals surface area contributed by atoms with E-state index in [1.165, 1.54) is 0 Å². The minimum Gasteiger partial charge on any atom is -0.497 e. The van der Waals surface area contributed by atoms with Crippen molar-refractivity contribution in [1.29, 1.82) is 0 Å². The second kappa shape index (κ2) is 8.55. The van der Waals surface area contributed by atoms with Gasteiger partial charge in [-0.3, -0.25) is 9.59 Å². The molecule has 31 heavy (non-hydrogen) atoms. The Morgan fingerprint density at radius 3 is 2.58 bits per heavy atom. The summed E-state index contributed by atoms with van der Waals surface area (Å²) in [7, 11) is 1.61. The number of ether oxygens (including phenoxy) is 1. The Morgan fingerprint density at radius 2 is 1.87 bits per heavy atom. The molecule has 4 rings (SSSR count). The number of hydrogen-bond donors (Lipinski definition) is 0. The van der Waals surface area contributed by atoms with Crippen LogP contribution in [0.5, 0.6) is 5.75 Å². The number of carbonyl (C=O) groups excluding carboxylic acids is 1. The van der Waals surface area contributed by atoms with Gasteiger partial charge in [-0.05, 0) is 49.8 Å². The summed E-state index contributed by atoms with van der Waals surface area (Å²) in [4.78, 5) is 31.0. The lowest BCUT2D eigenvalue weighted by Crippen LogP contribution is -2.37. The third-order valence-corrected chi connectivity index (χ3v) is 6.08. The Bertz CT molecular complexity index is 1180. The van der Waals surface area contributed by atoms with Crippen LogP contribution >= 0.6 is 0 Å². The van der Waals surface area contributed by atoms with Crippen LogP contribution in [0.4, 0.5) is 0 Å². The van der Waals surface area contributed by atoms with E-state index >= 15 is 0 Å². The van der Waals surface area contributed by atoms with Crippen molar-refractivity contribution in [2.45, 2.75) is 26.8 Å². The minimum absolute atomic E-state index is 0.147. The second-order valence-electron chi connectivity index (χ2n) is 7.88. The van der Waals surface area contributed by atoms with Gasteiger partial charge in [-0.2, -0.15) is 0 Å². The number of likely N-dealkylation sites (N-methyl/N-ethyl adjacent to an activating group) is 1. The third kappa shape index (κ3) is 3.72. The summed E-state index contributed by atoms with van der Waals surface area (Å²) >= 11 is 0. The molecule has 6 nitrogen and oxygen atoms in total. The van der Waals surface area contributed by atoms with E-state index < -0.39 is 6.04 Å². The molecular formula is C25H28N2O4. The summed E-state index contributed by atoms with van der Waals surface area (Å²) in [6.07, 6.45) is 0. The van der Waals surface area contributed by atoms with E-state index in [-0.39, 0.29) is 17.1 Å². The lowest BCUT2D eigenvalue weighted by atomic mass is 9.98. The quantitative estimate of drug-likeness (QED) is 0.578. The molecule has 0 spiro atoms. The predicted octanol–water partition coefficient (Wildman–Crippen LogP) is 4.00. The fourth-order valence-corrected chi connectivity index (χ4v) is 4.31. The molecule has 1 amide bonds. The Hall–Kier alpha value is -3.12. The SMILES string of the molecule is CCN(CC)CCN1C(=O)c2oc3ccc(C)cc3c(=O)c2C1c1cccc(OC)c1. The topological polar surface area (TPSA) is 63.0 Å². The van der Waals surface area contributed by atoms with E-state index in [0.29, 0.717) is 28.8 Å². The number of carbonyl (C=O) groups is 1. The molecular weight excluding hydrogens is 392 g/mol. The standard InChI is InChI=1S/C25H28N2O4/c1-5-26(6-2)12-13-27-22(17-8-7-9-18(15-17)30-4)21-23(28)19-14-16(3)10-11-20(19)31-24(21)25(27)29/h7-11,14-15,22H,5-6,12-13H2,1-4H3. The second-order valence-corrected chi connectivity index (χ2v) is 7.88. The molecule has 0 fully saturated rings. The first kappa shape index (κ1) is 21.1. The van der Waals surface area contributed by atoms with Gasteiger partial charge in [-0.1, -0.05) is 37.6 Å². The Morgan fingerprint density at radius 1 is 1.10 bits per heavy atom. The molecule has 162 valence electrons. The fourth-order valence-electron chi connectivity index (χ4n) is 4.31. The molecule has 0 saturated carbocycles. The number of hydrogen-bond acceptors (Lipinski definition) is 5. The molecule has 1 unspecified atom stereocenters. The van der Waals surface area contributed by atoms with Gasteiger partial charge >= 0.3 is 0 Å². The summed E-state index contributed by atoms with van der Waals surface area (Å²) in [5.74, 6) is 0.589. The predicted molar refractivity (Wildman–Crippen MR) is 121 cm³/mol. The molecule has 0 radical (unpaired) electrons. The van der Waals surface area contributed by atoms with Gasteiger partial charge in [-0.25, -0.2) is 0 Å². The Kier molecular flexibility index (Phi) is 5.83. The number of amides is 1. The maximum absolute atomic E-state index is 13.6. The molecule has 2 heterocycles. The Labute approximate surface area is 182 Å². The number of nitrogens with zero attached hydrogens (tertiary/aromatic N) is 2. The van der Waals surface area contributed by atoms with Crippen LogP contribution in [-0.2, 0) is 0 Å². The zero-order valence-corrected chi connectivity index (χ0v) is 18.5. The van der Waals surface area contributed by atoms with E-state index in [1.807, 2.05) is 43.3 Å². The van der Waals surface area contributed by atoms with Crippen LogP contribution in [0.15, 0.2) is 51.7 Å². The number of rotatable bonds is 7. The molecule has 1 aliphatic rings. The highest BCUT2D eigenvalue weighted by Crippen LogP contribution is 2.38. The number of aryl methyl sites for hydroxylation is 1. The maximum atomic E-state index is 13.6. The zero-order chi connectivity index (χ0) is 22.1. The molecule has 0 aliphatic carbocycles. The third-order valence-electron chi connectivity index (χ3n) is 6.08. The van der Waals surface area contributed by atoms with Crippen molar-refractivity contribution >= 4 is 16.9 Å². The van der Waals surface area contributed by atoms with Gasteiger partial charge < -0.3 is 19.0 Å². The molecule has 0 saturated heterocycles. The molecule has 0 bridgehead atoms. The van der Waals surface area contributed by atoms with E-state index in [4.69, 9.17) is 9.15 Å². The fraction of sp³-hybridized carbons (Fsp3) is 0.360.